The molecule has 2 aromatic rings. The van der Waals surface area contributed by atoms with E-state index in [4.69, 9.17) is 14.2 Å². The summed E-state index contributed by atoms with van der Waals surface area (Å²) in [6.07, 6.45) is 1.73. The number of carbonyl (C=O) groups excluding carboxylic acids is 1. The minimum absolute atomic E-state index is 0.120. The van der Waals surface area contributed by atoms with Gasteiger partial charge in [0.25, 0.3) is 0 Å². The molecule has 0 saturated carbocycles. The number of benzene rings is 2. The zero-order valence-corrected chi connectivity index (χ0v) is 14.6. The van der Waals surface area contributed by atoms with Gasteiger partial charge in [-0.15, -0.1) is 0 Å². The van der Waals surface area contributed by atoms with Gasteiger partial charge in [-0.2, -0.15) is 0 Å². The van der Waals surface area contributed by atoms with Crippen molar-refractivity contribution >= 4 is 11.9 Å². The Bertz CT molecular complexity index is 794. The summed E-state index contributed by atoms with van der Waals surface area (Å²) in [6, 6.07) is 12.7. The molecule has 25 heavy (non-hydrogen) atoms. The number of methoxy groups -OCH3 is 1. The van der Waals surface area contributed by atoms with Crippen LogP contribution >= 0.6 is 0 Å². The van der Waals surface area contributed by atoms with Crippen molar-refractivity contribution in [3.63, 3.8) is 0 Å². The Labute approximate surface area is 147 Å². The van der Waals surface area contributed by atoms with Gasteiger partial charge in [0, 0.05) is 12.6 Å². The zero-order valence-electron chi connectivity index (χ0n) is 14.6. The molecule has 0 N–H and O–H groups in total. The lowest BCUT2D eigenvalue weighted by Gasteiger charge is -2.11. The Kier molecular flexibility index (Phi) is 5.05. The fraction of sp³-hybridized carbons (Fsp3) is 0.250. The van der Waals surface area contributed by atoms with Crippen LogP contribution in [0.25, 0.3) is 6.08 Å². The lowest BCUT2D eigenvalue weighted by atomic mass is 10.1. The summed E-state index contributed by atoms with van der Waals surface area (Å²) in [6.45, 7) is 1.40. The summed E-state index contributed by atoms with van der Waals surface area (Å²) in [5.41, 5.74) is 1.43. The topological polar surface area (TPSA) is 48.0 Å². The van der Waals surface area contributed by atoms with Crippen LogP contribution in [0.1, 0.15) is 15.9 Å². The third kappa shape index (κ3) is 4.00. The average Bonchev–Trinajstić information content (AvgIpc) is 2.90. The van der Waals surface area contributed by atoms with Crippen LogP contribution in [0.5, 0.6) is 17.2 Å². The standard InChI is InChI=1S/C20H21NO4/c1-21(2)10-11-24-16-8-9-17-18(13-16)25-19(20(17)22)12-14-4-6-15(23-3)7-5-14/h4-9,12-13H,10-11H2,1-3H3/b19-12-. The van der Waals surface area contributed by atoms with E-state index in [1.807, 2.05) is 43.3 Å². The van der Waals surface area contributed by atoms with E-state index in [0.717, 1.165) is 17.9 Å². The van der Waals surface area contributed by atoms with Crippen molar-refractivity contribution in [2.75, 3.05) is 34.4 Å². The number of allylic oxidation sites excluding steroid dienone is 1. The molecule has 3 rings (SSSR count). The van der Waals surface area contributed by atoms with Crippen molar-refractivity contribution in [2.45, 2.75) is 0 Å². The molecule has 0 bridgehead atoms. The van der Waals surface area contributed by atoms with E-state index >= 15 is 0 Å². The molecule has 2 aromatic carbocycles. The number of ether oxygens (including phenoxy) is 3. The van der Waals surface area contributed by atoms with Crippen molar-refractivity contribution in [1.29, 1.82) is 0 Å². The molecule has 0 saturated heterocycles. The van der Waals surface area contributed by atoms with Crippen molar-refractivity contribution in [3.8, 4) is 17.2 Å². The van der Waals surface area contributed by atoms with Gasteiger partial charge in [-0.05, 0) is 50.0 Å². The largest absolute Gasteiger partial charge is 0.497 e. The lowest BCUT2D eigenvalue weighted by molar-refractivity contribution is 0.101. The van der Waals surface area contributed by atoms with Gasteiger partial charge in [-0.25, -0.2) is 0 Å². The van der Waals surface area contributed by atoms with E-state index in [2.05, 4.69) is 0 Å². The van der Waals surface area contributed by atoms with Gasteiger partial charge >= 0.3 is 0 Å². The van der Waals surface area contributed by atoms with Gasteiger partial charge < -0.3 is 19.1 Å². The van der Waals surface area contributed by atoms with E-state index < -0.39 is 0 Å². The van der Waals surface area contributed by atoms with Gasteiger partial charge in [-0.1, -0.05) is 12.1 Å². The van der Waals surface area contributed by atoms with E-state index in [1.54, 1.807) is 31.4 Å². The highest BCUT2D eigenvalue weighted by Crippen LogP contribution is 2.35. The number of hydrogen-bond acceptors (Lipinski definition) is 5. The molecule has 1 heterocycles. The molecule has 0 amide bonds. The van der Waals surface area contributed by atoms with Crippen LogP contribution in [0.2, 0.25) is 0 Å². The molecule has 1 aliphatic heterocycles. The number of nitrogens with zero attached hydrogens (tertiary/aromatic N) is 1. The molecule has 1 aliphatic rings. The third-order valence-electron chi connectivity index (χ3n) is 3.86. The Morgan fingerprint density at radius 3 is 2.48 bits per heavy atom. The quantitative estimate of drug-likeness (QED) is 0.756. The highest BCUT2D eigenvalue weighted by molar-refractivity contribution is 6.14. The van der Waals surface area contributed by atoms with E-state index in [9.17, 15) is 4.79 Å². The second-order valence-electron chi connectivity index (χ2n) is 6.02. The SMILES string of the molecule is COc1ccc(/C=C2\Oc3cc(OCCN(C)C)ccc3C2=O)cc1. The fourth-order valence-corrected chi connectivity index (χ4v) is 2.45. The monoisotopic (exact) mass is 339 g/mol. The van der Waals surface area contributed by atoms with Crippen molar-refractivity contribution in [2.24, 2.45) is 0 Å². The maximum absolute atomic E-state index is 12.5. The number of rotatable bonds is 6. The number of hydrogen-bond donors (Lipinski definition) is 0. The Morgan fingerprint density at radius 1 is 1.08 bits per heavy atom. The number of fused-ring (bicyclic) bond motifs is 1. The first-order valence-electron chi connectivity index (χ1n) is 8.06. The average molecular weight is 339 g/mol. The van der Waals surface area contributed by atoms with Crippen LogP contribution < -0.4 is 14.2 Å². The van der Waals surface area contributed by atoms with Crippen molar-refractivity contribution in [3.05, 3.63) is 59.4 Å². The smallest absolute Gasteiger partial charge is 0.231 e. The molecule has 130 valence electrons. The van der Waals surface area contributed by atoms with Gasteiger partial charge in [0.2, 0.25) is 5.78 Å². The summed E-state index contributed by atoms with van der Waals surface area (Å²) >= 11 is 0. The number of carbonyl (C=O) groups is 1. The summed E-state index contributed by atoms with van der Waals surface area (Å²) in [7, 11) is 5.60. The third-order valence-corrected chi connectivity index (χ3v) is 3.86. The summed E-state index contributed by atoms with van der Waals surface area (Å²) < 4.78 is 16.6. The molecule has 0 aromatic heterocycles. The van der Waals surface area contributed by atoms with Gasteiger partial charge in [0.1, 0.15) is 23.9 Å². The van der Waals surface area contributed by atoms with Gasteiger partial charge in [0.05, 0.1) is 12.7 Å². The van der Waals surface area contributed by atoms with E-state index in [-0.39, 0.29) is 5.78 Å². The summed E-state index contributed by atoms with van der Waals surface area (Å²) in [5, 5.41) is 0. The first-order chi connectivity index (χ1) is 12.1. The Balaban J connectivity index is 1.74. The Hall–Kier alpha value is -2.79. The molecule has 0 atom stereocenters. The van der Waals surface area contributed by atoms with E-state index in [1.165, 1.54) is 0 Å². The van der Waals surface area contributed by atoms with Crippen LogP contribution in [0.15, 0.2) is 48.2 Å². The number of ketones is 1. The molecular formula is C20H21NO4. The van der Waals surface area contributed by atoms with Gasteiger partial charge in [-0.3, -0.25) is 4.79 Å². The summed E-state index contributed by atoms with van der Waals surface area (Å²) in [4.78, 5) is 14.5. The zero-order chi connectivity index (χ0) is 17.8. The van der Waals surface area contributed by atoms with Crippen LogP contribution in [0.3, 0.4) is 0 Å². The molecule has 5 heteroatoms. The van der Waals surface area contributed by atoms with Crippen LogP contribution in [0, 0.1) is 0 Å². The molecule has 0 unspecified atom stereocenters. The van der Waals surface area contributed by atoms with Gasteiger partial charge in [0.15, 0.2) is 5.76 Å². The summed E-state index contributed by atoms with van der Waals surface area (Å²) in [5.74, 6) is 2.19. The van der Waals surface area contributed by atoms with Crippen LogP contribution in [0.4, 0.5) is 0 Å². The second kappa shape index (κ2) is 7.40. The second-order valence-corrected chi connectivity index (χ2v) is 6.02. The fourth-order valence-electron chi connectivity index (χ4n) is 2.45. The lowest BCUT2D eigenvalue weighted by Crippen LogP contribution is -2.19. The number of likely N-dealkylation sites (N-methyl/N-ethyl adjacent to an activating group) is 1. The van der Waals surface area contributed by atoms with Crippen molar-refractivity contribution in [1.82, 2.24) is 4.90 Å². The maximum Gasteiger partial charge on any atom is 0.231 e. The van der Waals surface area contributed by atoms with E-state index in [0.29, 0.717) is 29.4 Å². The minimum Gasteiger partial charge on any atom is -0.497 e. The van der Waals surface area contributed by atoms with Crippen LogP contribution in [-0.4, -0.2) is 45.0 Å². The highest BCUT2D eigenvalue weighted by Gasteiger charge is 2.27. The van der Waals surface area contributed by atoms with Crippen LogP contribution in [-0.2, 0) is 0 Å². The molecule has 0 aliphatic carbocycles. The minimum atomic E-state index is -0.120. The Morgan fingerprint density at radius 2 is 1.80 bits per heavy atom. The highest BCUT2D eigenvalue weighted by atomic mass is 16.5. The molecule has 0 radical (unpaired) electrons. The predicted octanol–water partition coefficient (Wildman–Crippen LogP) is 3.25. The first kappa shape index (κ1) is 17.0. The first-order valence-corrected chi connectivity index (χ1v) is 8.06. The molecule has 0 fully saturated rings. The van der Waals surface area contributed by atoms with Crippen molar-refractivity contribution < 1.29 is 19.0 Å². The normalized spacial score (nSPS) is 14.6. The molecular weight excluding hydrogens is 318 g/mol. The number of Topliss-reactive ketones (excluding diaryl/α,β-unsaturated/α-hetero) is 1. The molecule has 0 spiro atoms. The predicted molar refractivity (Wildman–Crippen MR) is 96.4 cm³/mol. The molecule has 5 nitrogen and oxygen atoms in total. The maximum atomic E-state index is 12.5.